The van der Waals surface area contributed by atoms with Crippen LogP contribution in [-0.2, 0) is 13.0 Å². The van der Waals surface area contributed by atoms with Crippen LogP contribution in [0.5, 0.6) is 0 Å². The summed E-state index contributed by atoms with van der Waals surface area (Å²) >= 11 is 0. The predicted molar refractivity (Wildman–Crippen MR) is 262 cm³/mol. The van der Waals surface area contributed by atoms with Gasteiger partial charge in [0.15, 0.2) is 82.5 Å². The third-order valence-corrected chi connectivity index (χ3v) is 14.2. The standard InChI is InChI=1S/C34H50N.C24BF20/c1-2-3-4-5-6-7-8-9-10-11-12-13-14-15-16-17-21-31-25-27-32(28-26-31)30-35-29-20-23-33-22-18-19-24-34(33)35;26-5-1(6(27)14(35)21(42)13(5)34)25(2-7(28)15(36)22(43)16(37)8(2)29,3-9(30)17(38)23(44)18(39)10(3)31)4-11(32)19(40)24(45)20(41)12(4)33/h18-20,22-29H,2-17,21,30H2,1H3;/q+1;-1. The average molecular weight is 1150 g/mol. The zero-order valence-electron chi connectivity index (χ0n) is 42.7. The molecule has 0 saturated carbocycles. The third-order valence-electron chi connectivity index (χ3n) is 14.2. The zero-order valence-corrected chi connectivity index (χ0v) is 42.7. The maximum atomic E-state index is 15.4. The highest BCUT2D eigenvalue weighted by molar-refractivity contribution is 7.20. The SMILES string of the molecule is CCCCCCCCCCCCCCCCCCc1ccc(C[n+]2cccc3ccccc32)cc1.Fc1c(F)c(F)c([B-](c2c(F)c(F)c(F)c(F)c2F)(c2c(F)c(F)c(F)c(F)c2F)c2c(F)c(F)c(F)c(F)c2F)c(F)c1F. The smallest absolute Gasteiger partial charge is 0.207 e. The first kappa shape index (κ1) is 62.6. The lowest BCUT2D eigenvalue weighted by molar-refractivity contribution is -0.662. The Morgan fingerprint density at radius 1 is 0.287 bits per heavy atom. The molecular formula is C58H50BF20N. The van der Waals surface area contributed by atoms with Gasteiger partial charge in [0.2, 0.25) is 5.52 Å². The molecule has 0 fully saturated rings. The maximum Gasteiger partial charge on any atom is 0.212 e. The van der Waals surface area contributed by atoms with Crippen LogP contribution < -0.4 is 26.4 Å². The Bertz CT molecular complexity index is 2930. The van der Waals surface area contributed by atoms with E-state index in [1.54, 1.807) is 0 Å². The monoisotopic (exact) mass is 1150 g/mol. The number of aromatic nitrogens is 1. The summed E-state index contributed by atoms with van der Waals surface area (Å²) in [4.78, 5) is 0. The van der Waals surface area contributed by atoms with Crippen molar-refractivity contribution in [2.75, 3.05) is 0 Å². The summed E-state index contributed by atoms with van der Waals surface area (Å²) < 4.78 is 296. The van der Waals surface area contributed by atoms with Crippen molar-refractivity contribution >= 4 is 38.9 Å². The molecule has 0 amide bonds. The number of halogens is 20. The Hall–Kier alpha value is -6.61. The molecule has 0 atom stereocenters. The van der Waals surface area contributed by atoms with Crippen LogP contribution in [0.15, 0.2) is 66.9 Å². The van der Waals surface area contributed by atoms with Crippen molar-refractivity contribution in [1.82, 2.24) is 0 Å². The second-order valence-electron chi connectivity index (χ2n) is 19.4. The zero-order chi connectivity index (χ0) is 58.7. The summed E-state index contributed by atoms with van der Waals surface area (Å²) in [5.74, 6) is -71.4. The molecule has 6 aromatic carbocycles. The molecule has 1 nitrogen and oxygen atoms in total. The van der Waals surface area contributed by atoms with Crippen LogP contribution in [0.3, 0.4) is 0 Å². The van der Waals surface area contributed by atoms with Gasteiger partial charge in [-0.05, 0) is 30.5 Å². The van der Waals surface area contributed by atoms with Gasteiger partial charge in [-0.3, -0.25) is 0 Å². The van der Waals surface area contributed by atoms with E-state index in [0.717, 1.165) is 6.54 Å². The van der Waals surface area contributed by atoms with E-state index in [-0.39, 0.29) is 0 Å². The number of benzene rings is 6. The Balaban J connectivity index is 0.000000266. The van der Waals surface area contributed by atoms with Gasteiger partial charge in [0.05, 0.1) is 0 Å². The first-order valence-corrected chi connectivity index (χ1v) is 25.8. The number of hydrogen-bond donors (Lipinski definition) is 0. The summed E-state index contributed by atoms with van der Waals surface area (Å²) in [6.45, 7) is 3.23. The molecule has 1 heterocycles. The summed E-state index contributed by atoms with van der Waals surface area (Å²) in [6.07, 6.45) is 19.1. The Kier molecular flexibility index (Phi) is 21.7. The minimum Gasteiger partial charge on any atom is -0.207 e. The van der Waals surface area contributed by atoms with Crippen molar-refractivity contribution in [3.8, 4) is 0 Å². The predicted octanol–water partition coefficient (Wildman–Crippen LogP) is 15.8. The van der Waals surface area contributed by atoms with Crippen LogP contribution in [0.4, 0.5) is 87.8 Å². The van der Waals surface area contributed by atoms with E-state index in [1.165, 1.54) is 131 Å². The van der Waals surface area contributed by atoms with Crippen LogP contribution >= 0.6 is 0 Å². The van der Waals surface area contributed by atoms with Crippen molar-refractivity contribution in [3.05, 3.63) is 194 Å². The van der Waals surface area contributed by atoms with Crippen molar-refractivity contribution in [2.45, 2.75) is 123 Å². The Morgan fingerprint density at radius 2 is 0.550 bits per heavy atom. The second-order valence-corrected chi connectivity index (χ2v) is 19.4. The maximum absolute atomic E-state index is 15.4. The minimum absolute atomic E-state index is 0.931. The molecule has 0 saturated heterocycles. The highest BCUT2D eigenvalue weighted by atomic mass is 19.2. The third kappa shape index (κ3) is 12.8. The quantitative estimate of drug-likeness (QED) is 0.0150. The molecule has 0 aliphatic heterocycles. The molecule has 7 rings (SSSR count). The minimum atomic E-state index is -7.22. The molecule has 0 unspecified atom stereocenters. The topological polar surface area (TPSA) is 3.88 Å². The highest BCUT2D eigenvalue weighted by Crippen LogP contribution is 2.31. The van der Waals surface area contributed by atoms with Gasteiger partial charge in [0, 0.05) is 23.1 Å². The van der Waals surface area contributed by atoms with Gasteiger partial charge in [0.1, 0.15) is 52.7 Å². The molecule has 1 aromatic heterocycles. The lowest BCUT2D eigenvalue weighted by Gasteiger charge is -2.44. The van der Waals surface area contributed by atoms with E-state index in [1.807, 2.05) is 0 Å². The van der Waals surface area contributed by atoms with Crippen LogP contribution in [-0.4, -0.2) is 6.15 Å². The van der Waals surface area contributed by atoms with Crippen molar-refractivity contribution < 1.29 is 92.4 Å². The lowest BCUT2D eigenvalue weighted by Crippen LogP contribution is -2.81. The molecule has 0 bridgehead atoms. The van der Waals surface area contributed by atoms with Crippen molar-refractivity contribution in [2.24, 2.45) is 0 Å². The number of nitrogens with zero attached hydrogens (tertiary/aromatic N) is 1. The fourth-order valence-corrected chi connectivity index (χ4v) is 10.1. The van der Waals surface area contributed by atoms with Crippen molar-refractivity contribution in [1.29, 1.82) is 0 Å². The molecule has 80 heavy (non-hydrogen) atoms. The highest BCUT2D eigenvalue weighted by Gasteiger charge is 2.52. The molecule has 0 aliphatic rings. The van der Waals surface area contributed by atoms with E-state index >= 15 is 35.1 Å². The summed E-state index contributed by atoms with van der Waals surface area (Å²) in [5.41, 5.74) is -10.2. The molecule has 7 aromatic rings. The Labute approximate surface area is 447 Å². The molecule has 0 N–H and O–H groups in total. The van der Waals surface area contributed by atoms with Gasteiger partial charge in [0.25, 0.3) is 0 Å². The molecule has 0 radical (unpaired) electrons. The number of fused-ring (bicyclic) bond motifs is 1. The number of aryl methyl sites for hydroxylation is 1. The summed E-state index contributed by atoms with van der Waals surface area (Å²) in [5, 5.41) is 1.30. The molecule has 22 heteroatoms. The van der Waals surface area contributed by atoms with Gasteiger partial charge in [-0.1, -0.05) is 140 Å². The number of para-hydroxylation sites is 1. The van der Waals surface area contributed by atoms with Crippen LogP contribution in [0.1, 0.15) is 121 Å². The van der Waals surface area contributed by atoms with Gasteiger partial charge in [-0.25, -0.2) is 87.8 Å². The fourth-order valence-electron chi connectivity index (χ4n) is 10.1. The largest absolute Gasteiger partial charge is 0.212 e. The van der Waals surface area contributed by atoms with Gasteiger partial charge in [-0.15, -0.1) is 21.9 Å². The summed E-state index contributed by atoms with van der Waals surface area (Å²) in [7, 11) is 0. The van der Waals surface area contributed by atoms with Crippen LogP contribution in [0.2, 0.25) is 0 Å². The van der Waals surface area contributed by atoms with Gasteiger partial charge < -0.3 is 0 Å². The molecule has 0 aliphatic carbocycles. The van der Waals surface area contributed by atoms with E-state index in [4.69, 9.17) is 0 Å². The first-order chi connectivity index (χ1) is 38.1. The number of unbranched alkanes of at least 4 members (excludes halogenated alkanes) is 15. The van der Waals surface area contributed by atoms with E-state index in [2.05, 4.69) is 78.4 Å². The number of rotatable bonds is 23. The normalized spacial score (nSPS) is 11.7. The fraction of sp³-hybridized carbons (Fsp3) is 0.328. The summed E-state index contributed by atoms with van der Waals surface area (Å²) in [6, 6.07) is 22.3. The van der Waals surface area contributed by atoms with Crippen LogP contribution in [0, 0.1) is 116 Å². The number of pyridine rings is 1. The van der Waals surface area contributed by atoms with E-state index < -0.39 is 144 Å². The van der Waals surface area contributed by atoms with Gasteiger partial charge in [-0.2, -0.15) is 4.57 Å². The van der Waals surface area contributed by atoms with Gasteiger partial charge >= 0.3 is 0 Å². The van der Waals surface area contributed by atoms with Crippen molar-refractivity contribution in [3.63, 3.8) is 0 Å². The Morgan fingerprint density at radius 3 is 0.875 bits per heavy atom. The van der Waals surface area contributed by atoms with E-state index in [0.29, 0.717) is 0 Å². The molecular weight excluding hydrogens is 1100 g/mol. The van der Waals surface area contributed by atoms with Crippen LogP contribution in [0.25, 0.3) is 10.9 Å². The number of hydrogen-bond acceptors (Lipinski definition) is 0. The van der Waals surface area contributed by atoms with E-state index in [9.17, 15) is 52.7 Å². The molecule has 430 valence electrons. The second kappa shape index (κ2) is 27.7. The first-order valence-electron chi connectivity index (χ1n) is 25.8. The lowest BCUT2D eigenvalue weighted by atomic mass is 9.12. The molecule has 0 spiro atoms. The average Bonchev–Trinajstić information content (AvgIpc) is 3.56.